The van der Waals surface area contributed by atoms with Crippen LogP contribution in [0.15, 0.2) is 83.5 Å². The maximum absolute atomic E-state index is 10.5. The number of rotatable bonds is 11. The zero-order valence-electron chi connectivity index (χ0n) is 22.0. The van der Waals surface area contributed by atoms with Gasteiger partial charge < -0.3 is 25.6 Å². The Bertz CT molecular complexity index is 1480. The second-order valence-corrected chi connectivity index (χ2v) is 11.2. The van der Waals surface area contributed by atoms with Crippen LogP contribution in [0, 0.1) is 5.92 Å². The number of thiophene rings is 1. The third-order valence-electron chi connectivity index (χ3n) is 7.54. The van der Waals surface area contributed by atoms with Crippen LogP contribution < -0.4 is 26.4 Å². The number of H-pyrrole nitrogens is 1. The quantitative estimate of drug-likeness (QED) is 0.154. The number of para-hydroxylation sites is 1. The number of hydrogen-bond donors (Lipinski definition) is 6. The van der Waals surface area contributed by atoms with Crippen LogP contribution in [-0.4, -0.2) is 41.9 Å². The molecule has 2 aliphatic rings. The van der Waals surface area contributed by atoms with Crippen molar-refractivity contribution >= 4 is 28.3 Å². The van der Waals surface area contributed by atoms with E-state index >= 15 is 0 Å². The first-order valence-electron chi connectivity index (χ1n) is 13.6. The van der Waals surface area contributed by atoms with Gasteiger partial charge in [0.15, 0.2) is 0 Å². The first kappa shape index (κ1) is 25.9. The molecule has 6 N–H and O–H groups in total. The van der Waals surface area contributed by atoms with Gasteiger partial charge in [-0.2, -0.15) is 5.53 Å². The van der Waals surface area contributed by atoms with Gasteiger partial charge in [-0.25, -0.2) is 5.43 Å². The maximum Gasteiger partial charge on any atom is 0.128 e. The minimum atomic E-state index is -0.586. The lowest BCUT2D eigenvalue weighted by molar-refractivity contribution is 0.107. The highest BCUT2D eigenvalue weighted by Crippen LogP contribution is 2.36. The Balaban J connectivity index is 0.987. The van der Waals surface area contributed by atoms with Gasteiger partial charge in [0.2, 0.25) is 0 Å². The van der Waals surface area contributed by atoms with Crippen LogP contribution in [0.3, 0.4) is 0 Å². The molecule has 4 aromatic rings. The monoisotopic (exact) mass is 541 g/mol. The summed E-state index contributed by atoms with van der Waals surface area (Å²) in [6.07, 6.45) is 7.87. The lowest BCUT2D eigenvalue weighted by atomic mass is 9.74. The molecule has 0 amide bonds. The molecule has 0 radical (unpaired) electrons. The standard InChI is InChI=1S/C31H35N5O2S/c1-20-15-28-31(20)26(34-36-35-28)11-9-21-8-10-24-22(17-33-27(24)16-21)12-13-32-18-23(37)19-38-29-6-3-2-5-25(29)30-7-4-14-39-30/h2-11,14,16-17,20,23,28,32-37H,12-13,15,18-19H2,1H3/b11-9+. The summed E-state index contributed by atoms with van der Waals surface area (Å²) in [4.78, 5) is 4.59. The Morgan fingerprint density at radius 1 is 1.15 bits per heavy atom. The summed E-state index contributed by atoms with van der Waals surface area (Å²) in [5, 5.41) is 17.1. The lowest BCUT2D eigenvalue weighted by Crippen LogP contribution is -2.59. The number of aliphatic hydroxyl groups is 1. The van der Waals surface area contributed by atoms with Gasteiger partial charge >= 0.3 is 0 Å². The van der Waals surface area contributed by atoms with Crippen LogP contribution >= 0.6 is 11.3 Å². The molecule has 0 spiro atoms. The van der Waals surface area contributed by atoms with E-state index in [1.165, 1.54) is 22.9 Å². The van der Waals surface area contributed by atoms with E-state index in [-0.39, 0.29) is 6.61 Å². The summed E-state index contributed by atoms with van der Waals surface area (Å²) in [5.41, 5.74) is 16.8. The van der Waals surface area contributed by atoms with Gasteiger partial charge in [0.05, 0.1) is 5.70 Å². The highest BCUT2D eigenvalue weighted by molar-refractivity contribution is 7.13. The number of aromatic amines is 1. The van der Waals surface area contributed by atoms with E-state index in [1.807, 2.05) is 24.3 Å². The number of hydrogen-bond acceptors (Lipinski definition) is 7. The van der Waals surface area contributed by atoms with E-state index in [1.54, 1.807) is 11.3 Å². The molecule has 1 aliphatic carbocycles. The van der Waals surface area contributed by atoms with E-state index < -0.39 is 6.10 Å². The first-order chi connectivity index (χ1) is 19.2. The summed E-state index contributed by atoms with van der Waals surface area (Å²) in [6.45, 7) is 3.78. The van der Waals surface area contributed by atoms with Crippen LogP contribution in [-0.2, 0) is 6.42 Å². The number of nitrogens with one attached hydrogen (secondary N) is 5. The van der Waals surface area contributed by atoms with Crippen LogP contribution in [0.4, 0.5) is 0 Å². The summed E-state index contributed by atoms with van der Waals surface area (Å²) < 4.78 is 5.97. The summed E-state index contributed by atoms with van der Waals surface area (Å²) in [6, 6.07) is 19.1. The number of allylic oxidation sites excluding steroid dienone is 1. The van der Waals surface area contributed by atoms with Crippen LogP contribution in [0.25, 0.3) is 27.4 Å². The second kappa shape index (κ2) is 11.8. The highest BCUT2D eigenvalue weighted by Gasteiger charge is 2.35. The van der Waals surface area contributed by atoms with Crippen molar-refractivity contribution in [2.45, 2.75) is 31.9 Å². The number of benzene rings is 2. The molecule has 202 valence electrons. The smallest absolute Gasteiger partial charge is 0.128 e. The molecule has 2 aromatic carbocycles. The lowest BCUT2D eigenvalue weighted by Gasteiger charge is -2.42. The molecule has 0 bridgehead atoms. The van der Waals surface area contributed by atoms with Gasteiger partial charge in [-0.1, -0.05) is 43.3 Å². The van der Waals surface area contributed by atoms with Crippen LogP contribution in [0.2, 0.25) is 0 Å². The molecular formula is C31H35N5O2S. The molecule has 39 heavy (non-hydrogen) atoms. The number of aliphatic hydroxyl groups excluding tert-OH is 1. The van der Waals surface area contributed by atoms with Gasteiger partial charge in [-0.3, -0.25) is 0 Å². The zero-order chi connectivity index (χ0) is 26.6. The Hall–Kier alpha value is -3.40. The van der Waals surface area contributed by atoms with Crippen molar-refractivity contribution in [3.8, 4) is 16.2 Å². The van der Waals surface area contributed by atoms with E-state index in [2.05, 4.69) is 87.7 Å². The van der Waals surface area contributed by atoms with E-state index in [0.29, 0.717) is 18.5 Å². The van der Waals surface area contributed by atoms with Crippen molar-refractivity contribution in [1.29, 1.82) is 0 Å². The molecule has 1 aliphatic heterocycles. The van der Waals surface area contributed by atoms with Crippen molar-refractivity contribution < 1.29 is 9.84 Å². The molecule has 1 saturated carbocycles. The van der Waals surface area contributed by atoms with Crippen LogP contribution in [0.5, 0.6) is 5.75 Å². The predicted octanol–water partition coefficient (Wildman–Crippen LogP) is 4.76. The average molecular weight is 542 g/mol. The Labute approximate surface area is 232 Å². The molecule has 0 saturated heterocycles. The molecule has 1 fully saturated rings. The summed E-state index contributed by atoms with van der Waals surface area (Å²) >= 11 is 1.68. The molecule has 6 rings (SSSR count). The van der Waals surface area contributed by atoms with Crippen molar-refractivity contribution in [1.82, 2.24) is 26.7 Å². The number of hydrazine groups is 2. The third-order valence-corrected chi connectivity index (χ3v) is 8.44. The normalized spacial score (nSPS) is 19.6. The van der Waals surface area contributed by atoms with E-state index in [0.717, 1.165) is 45.9 Å². The van der Waals surface area contributed by atoms with Gasteiger partial charge in [0.25, 0.3) is 0 Å². The van der Waals surface area contributed by atoms with Crippen LogP contribution in [0.1, 0.15) is 24.5 Å². The third kappa shape index (κ3) is 5.80. The highest BCUT2D eigenvalue weighted by atomic mass is 32.1. The SMILES string of the molecule is CC1CC2NNNC(/C=C/c3ccc4c(CCNCC(O)COc5ccccc5-c5cccs5)c[nH]c4c3)=C12. The number of aromatic nitrogens is 1. The minimum absolute atomic E-state index is 0.249. The minimum Gasteiger partial charge on any atom is -0.490 e. The fraction of sp³-hybridized carbons (Fsp3) is 0.290. The van der Waals surface area contributed by atoms with Gasteiger partial charge in [0, 0.05) is 40.1 Å². The number of fused-ring (bicyclic) bond motifs is 2. The Kier molecular flexibility index (Phi) is 7.81. The predicted molar refractivity (Wildman–Crippen MR) is 159 cm³/mol. The van der Waals surface area contributed by atoms with Crippen molar-refractivity contribution in [2.24, 2.45) is 5.92 Å². The summed E-state index contributed by atoms with van der Waals surface area (Å²) in [5.74, 6) is 1.41. The topological polar surface area (TPSA) is 93.4 Å². The molecule has 8 heteroatoms. The zero-order valence-corrected chi connectivity index (χ0v) is 22.9. The number of ether oxygens (including phenoxy) is 1. The van der Waals surface area contributed by atoms with Gasteiger partial charge in [-0.05, 0) is 77.7 Å². The van der Waals surface area contributed by atoms with Crippen molar-refractivity contribution in [3.05, 3.63) is 94.6 Å². The average Bonchev–Trinajstić information content (AvgIpc) is 3.63. The van der Waals surface area contributed by atoms with Gasteiger partial charge in [-0.15, -0.1) is 11.3 Å². The fourth-order valence-electron chi connectivity index (χ4n) is 5.44. The maximum atomic E-state index is 10.5. The molecular weight excluding hydrogens is 506 g/mol. The first-order valence-corrected chi connectivity index (χ1v) is 14.5. The Morgan fingerprint density at radius 3 is 2.95 bits per heavy atom. The van der Waals surface area contributed by atoms with E-state index in [9.17, 15) is 5.11 Å². The van der Waals surface area contributed by atoms with Crippen molar-refractivity contribution in [2.75, 3.05) is 19.7 Å². The molecule has 2 aromatic heterocycles. The Morgan fingerprint density at radius 2 is 2.08 bits per heavy atom. The van der Waals surface area contributed by atoms with E-state index in [4.69, 9.17) is 4.74 Å². The molecule has 3 atom stereocenters. The molecule has 7 nitrogen and oxygen atoms in total. The van der Waals surface area contributed by atoms with Crippen molar-refractivity contribution in [3.63, 3.8) is 0 Å². The fourth-order valence-corrected chi connectivity index (χ4v) is 6.20. The molecule has 3 heterocycles. The molecule has 3 unspecified atom stereocenters. The second-order valence-electron chi connectivity index (χ2n) is 10.3. The largest absolute Gasteiger partial charge is 0.490 e. The van der Waals surface area contributed by atoms with Gasteiger partial charge in [0.1, 0.15) is 18.5 Å². The summed E-state index contributed by atoms with van der Waals surface area (Å²) in [7, 11) is 0.